The molecule has 0 fully saturated rings. The molecule has 0 aromatic heterocycles. The van der Waals surface area contributed by atoms with Crippen molar-refractivity contribution in [1.82, 2.24) is 0 Å². The first-order chi connectivity index (χ1) is 7.27. The summed E-state index contributed by atoms with van der Waals surface area (Å²) in [6, 6.07) is 14.1. The smallest absolute Gasteiger partial charge is 0.0564 e. The van der Waals surface area contributed by atoms with Crippen molar-refractivity contribution in [2.45, 2.75) is 6.04 Å². The largest absolute Gasteiger partial charge is 0.320 e. The van der Waals surface area contributed by atoms with Gasteiger partial charge in [0, 0.05) is 5.02 Å². The van der Waals surface area contributed by atoms with Gasteiger partial charge in [-0.3, -0.25) is 0 Å². The third-order valence-corrected chi connectivity index (χ3v) is 3.17. The molecule has 15 heavy (non-hydrogen) atoms. The van der Waals surface area contributed by atoms with Crippen LogP contribution in [0.15, 0.2) is 42.5 Å². The van der Waals surface area contributed by atoms with Crippen molar-refractivity contribution >= 4 is 11.6 Å². The Morgan fingerprint density at radius 3 is 2.53 bits per heavy atom. The lowest BCUT2D eigenvalue weighted by Gasteiger charge is -2.05. The summed E-state index contributed by atoms with van der Waals surface area (Å²) < 4.78 is 0. The lowest BCUT2D eigenvalue weighted by Crippen LogP contribution is -2.07. The van der Waals surface area contributed by atoms with Gasteiger partial charge in [0.15, 0.2) is 0 Å². The maximum Gasteiger partial charge on any atom is 0.0564 e. The molecule has 0 saturated heterocycles. The third kappa shape index (κ3) is 1.21. The Hall–Kier alpha value is -1.31. The van der Waals surface area contributed by atoms with Crippen LogP contribution in [-0.2, 0) is 0 Å². The highest BCUT2D eigenvalue weighted by Crippen LogP contribution is 2.42. The monoisotopic (exact) mass is 215 g/mol. The van der Waals surface area contributed by atoms with Crippen LogP contribution in [0.1, 0.15) is 17.2 Å². The molecule has 2 heteroatoms. The van der Waals surface area contributed by atoms with Crippen molar-refractivity contribution in [3.8, 4) is 11.1 Å². The molecule has 3 rings (SSSR count). The van der Waals surface area contributed by atoms with Gasteiger partial charge in [-0.1, -0.05) is 41.9 Å². The molecule has 0 radical (unpaired) electrons. The van der Waals surface area contributed by atoms with Gasteiger partial charge in [-0.25, -0.2) is 0 Å². The molecule has 0 heterocycles. The van der Waals surface area contributed by atoms with Crippen LogP contribution >= 0.6 is 11.6 Å². The molecule has 1 nitrogen and oxygen atoms in total. The van der Waals surface area contributed by atoms with E-state index in [0.29, 0.717) is 0 Å². The van der Waals surface area contributed by atoms with Gasteiger partial charge in [-0.15, -0.1) is 0 Å². The first-order valence-corrected chi connectivity index (χ1v) is 5.29. The van der Waals surface area contributed by atoms with Gasteiger partial charge in [0.2, 0.25) is 0 Å². The van der Waals surface area contributed by atoms with Crippen LogP contribution in [0.4, 0.5) is 0 Å². The first-order valence-electron chi connectivity index (χ1n) is 4.92. The standard InChI is InChI=1S/C13H10ClN/c14-8-5-6-10-9-3-1-2-4-11(9)13(15)12(10)7-8/h1-7,13H,15H2. The van der Waals surface area contributed by atoms with Crippen LogP contribution in [0, 0.1) is 0 Å². The van der Waals surface area contributed by atoms with Crippen LogP contribution in [0.2, 0.25) is 5.02 Å². The zero-order valence-corrected chi connectivity index (χ0v) is 8.83. The van der Waals surface area contributed by atoms with E-state index in [1.54, 1.807) is 0 Å². The van der Waals surface area contributed by atoms with E-state index in [1.165, 1.54) is 16.7 Å². The Labute approximate surface area is 93.5 Å². The number of benzene rings is 2. The highest BCUT2D eigenvalue weighted by Gasteiger charge is 2.25. The van der Waals surface area contributed by atoms with Gasteiger partial charge in [-0.2, -0.15) is 0 Å². The van der Waals surface area contributed by atoms with Crippen LogP contribution in [0.5, 0.6) is 0 Å². The van der Waals surface area contributed by atoms with Crippen LogP contribution < -0.4 is 5.73 Å². The summed E-state index contributed by atoms with van der Waals surface area (Å²) >= 11 is 5.98. The lowest BCUT2D eigenvalue weighted by atomic mass is 10.1. The van der Waals surface area contributed by atoms with Gasteiger partial charge in [0.1, 0.15) is 0 Å². The van der Waals surface area contributed by atoms with Gasteiger partial charge < -0.3 is 5.73 Å². The van der Waals surface area contributed by atoms with Crippen molar-refractivity contribution in [3.63, 3.8) is 0 Å². The van der Waals surface area contributed by atoms with Gasteiger partial charge in [-0.05, 0) is 34.4 Å². The molecule has 0 aliphatic heterocycles. The molecule has 2 aromatic carbocycles. The molecule has 2 aromatic rings. The van der Waals surface area contributed by atoms with Crippen molar-refractivity contribution in [1.29, 1.82) is 0 Å². The molecular weight excluding hydrogens is 206 g/mol. The Morgan fingerprint density at radius 1 is 0.933 bits per heavy atom. The molecule has 0 bridgehead atoms. The molecule has 0 amide bonds. The van der Waals surface area contributed by atoms with Crippen molar-refractivity contribution in [2.24, 2.45) is 5.73 Å². The Kier molecular flexibility index (Phi) is 1.84. The molecule has 0 saturated carbocycles. The van der Waals surface area contributed by atoms with Crippen molar-refractivity contribution in [2.75, 3.05) is 0 Å². The van der Waals surface area contributed by atoms with E-state index in [2.05, 4.69) is 12.1 Å². The molecule has 1 aliphatic carbocycles. The third-order valence-electron chi connectivity index (χ3n) is 2.93. The number of hydrogen-bond donors (Lipinski definition) is 1. The van der Waals surface area contributed by atoms with E-state index in [0.717, 1.165) is 10.6 Å². The first kappa shape index (κ1) is 8.96. The normalized spacial score (nSPS) is 17.3. The summed E-state index contributed by atoms with van der Waals surface area (Å²) in [6.07, 6.45) is 0. The maximum atomic E-state index is 6.17. The molecule has 1 aliphatic rings. The summed E-state index contributed by atoms with van der Waals surface area (Å²) in [6.45, 7) is 0. The van der Waals surface area contributed by atoms with Crippen LogP contribution in [0.3, 0.4) is 0 Å². The zero-order valence-electron chi connectivity index (χ0n) is 8.07. The predicted molar refractivity (Wildman–Crippen MR) is 62.9 cm³/mol. The molecule has 1 unspecified atom stereocenters. The van der Waals surface area contributed by atoms with E-state index in [9.17, 15) is 0 Å². The van der Waals surface area contributed by atoms with E-state index >= 15 is 0 Å². The number of fused-ring (bicyclic) bond motifs is 3. The average molecular weight is 216 g/mol. The Bertz CT molecular complexity index is 534. The molecular formula is C13H10ClN. The number of hydrogen-bond acceptors (Lipinski definition) is 1. The fourth-order valence-corrected chi connectivity index (χ4v) is 2.40. The van der Waals surface area contributed by atoms with Crippen LogP contribution in [0.25, 0.3) is 11.1 Å². The summed E-state index contributed by atoms with van der Waals surface area (Å²) in [5, 5.41) is 0.747. The summed E-state index contributed by atoms with van der Waals surface area (Å²) in [5.74, 6) is 0. The quantitative estimate of drug-likeness (QED) is 0.717. The summed E-state index contributed by atoms with van der Waals surface area (Å²) in [5.41, 5.74) is 10.9. The fraction of sp³-hybridized carbons (Fsp3) is 0.0769. The van der Waals surface area contributed by atoms with Gasteiger partial charge >= 0.3 is 0 Å². The highest BCUT2D eigenvalue weighted by molar-refractivity contribution is 6.30. The average Bonchev–Trinajstić information content (AvgIpc) is 2.54. The molecule has 2 N–H and O–H groups in total. The summed E-state index contributed by atoms with van der Waals surface area (Å²) in [4.78, 5) is 0. The maximum absolute atomic E-state index is 6.17. The van der Waals surface area contributed by atoms with E-state index in [1.807, 2.05) is 30.3 Å². The van der Waals surface area contributed by atoms with E-state index < -0.39 is 0 Å². The van der Waals surface area contributed by atoms with Gasteiger partial charge in [0.25, 0.3) is 0 Å². The molecule has 74 valence electrons. The van der Waals surface area contributed by atoms with Crippen LogP contribution in [-0.4, -0.2) is 0 Å². The number of rotatable bonds is 0. The lowest BCUT2D eigenvalue weighted by molar-refractivity contribution is 0.901. The minimum Gasteiger partial charge on any atom is -0.320 e. The summed E-state index contributed by atoms with van der Waals surface area (Å²) in [7, 11) is 0. The Morgan fingerprint density at radius 2 is 1.67 bits per heavy atom. The fourth-order valence-electron chi connectivity index (χ4n) is 2.22. The topological polar surface area (TPSA) is 26.0 Å². The minimum atomic E-state index is -0.0325. The predicted octanol–water partition coefficient (Wildman–Crippen LogP) is 3.37. The number of nitrogens with two attached hydrogens (primary N) is 1. The van der Waals surface area contributed by atoms with Crippen molar-refractivity contribution < 1.29 is 0 Å². The van der Waals surface area contributed by atoms with Gasteiger partial charge in [0.05, 0.1) is 6.04 Å². The Balaban J connectivity index is 2.32. The molecule has 0 spiro atoms. The second-order valence-corrected chi connectivity index (χ2v) is 4.23. The van der Waals surface area contributed by atoms with E-state index in [-0.39, 0.29) is 6.04 Å². The van der Waals surface area contributed by atoms with E-state index in [4.69, 9.17) is 17.3 Å². The number of halogens is 1. The SMILES string of the molecule is NC1c2ccccc2-c2ccc(Cl)cc21. The van der Waals surface area contributed by atoms with Crippen molar-refractivity contribution in [3.05, 3.63) is 58.6 Å². The second kappa shape index (κ2) is 3.09. The second-order valence-electron chi connectivity index (χ2n) is 3.80. The minimum absolute atomic E-state index is 0.0325. The zero-order chi connectivity index (χ0) is 10.4. The molecule has 1 atom stereocenters. The highest BCUT2D eigenvalue weighted by atomic mass is 35.5.